The van der Waals surface area contributed by atoms with Crippen LogP contribution in [0.25, 0.3) is 0 Å². The molecule has 0 bridgehead atoms. The van der Waals surface area contributed by atoms with Crippen LogP contribution in [0, 0.1) is 0 Å². The molecule has 0 aliphatic heterocycles. The maximum absolute atomic E-state index is 2.21. The molecule has 0 aromatic carbocycles. The van der Waals surface area contributed by atoms with Crippen LogP contribution in [0.2, 0.25) is 0 Å². The van der Waals surface area contributed by atoms with Crippen molar-refractivity contribution in [2.24, 2.45) is 0 Å². The monoisotopic (exact) mass is 1890 g/mol. The van der Waals surface area contributed by atoms with E-state index in [1.807, 2.05) is 0 Å². The summed E-state index contributed by atoms with van der Waals surface area (Å²) in [4.78, 5) is 0. The zero-order valence-corrected chi connectivity index (χ0v) is 37.1. The van der Waals surface area contributed by atoms with E-state index in [-0.39, 0.29) is 239 Å². The van der Waals surface area contributed by atoms with Crippen LogP contribution in [-0.4, -0.2) is 239 Å². The predicted octanol–water partition coefficient (Wildman–Crippen LogP) is 5.25. The first kappa shape index (κ1) is 125. The van der Waals surface area contributed by atoms with Crippen molar-refractivity contribution >= 4 is 239 Å². The molecule has 0 aliphatic rings. The van der Waals surface area contributed by atoms with Crippen LogP contribution in [-0.2, 0) is 0 Å². The molecule has 0 N–H and O–H groups in total. The van der Waals surface area contributed by atoms with Gasteiger partial charge in [-0.05, 0) is 0 Å². The summed E-state index contributed by atoms with van der Waals surface area (Å²) in [5.41, 5.74) is 0. The van der Waals surface area contributed by atoms with Crippen molar-refractivity contribution in [2.75, 3.05) is 0 Å². The zero-order valence-electron chi connectivity index (χ0n) is 37.1. The Labute approximate surface area is 528 Å². The number of hydrogen-bond donors (Lipinski definition) is 0. The van der Waals surface area contributed by atoms with E-state index in [0.29, 0.717) is 0 Å². The standard InChI is InChI=1S/9C5H12.10Sn.40H/c9*1-3-5-4-2;;;;;;;;;;;;;;;;;;;;;;;;;;;;;;;;;;;;;;;;;;;;;;;;;;/h9*3-5H2,1-2H3;;;;;;;;;;;;;;;;;;;;;;;;;;;;;;;;;;;;;;;;;;;;;;;;;;. The molecule has 0 saturated heterocycles. The normalized spacial score (nSPS) is 6.87. The van der Waals surface area contributed by atoms with Crippen LogP contribution >= 0.6 is 0 Å². The van der Waals surface area contributed by atoms with E-state index >= 15 is 0 Å². The molecule has 0 unspecified atom stereocenters. The van der Waals surface area contributed by atoms with Gasteiger partial charge >= 0.3 is 239 Å². The van der Waals surface area contributed by atoms with Gasteiger partial charge in [0.15, 0.2) is 0 Å². The second-order valence-electron chi connectivity index (χ2n) is 12.2. The van der Waals surface area contributed by atoms with Gasteiger partial charge in [0, 0.05) is 0 Å². The van der Waals surface area contributed by atoms with E-state index in [1.54, 1.807) is 0 Å². The molecule has 0 amide bonds. The molecule has 368 valence electrons. The summed E-state index contributed by atoms with van der Waals surface area (Å²) in [6, 6.07) is 0. The SMILES string of the molecule is CCCCC.CCCCC.CCCCC.CCCCC.CCCCC.CCCCC.CCCCC.CCCCC.CCCCC.[SnH4].[SnH4].[SnH4].[SnH4].[SnH4].[SnH4].[SnH4].[SnH4].[SnH4].[SnH4]. The van der Waals surface area contributed by atoms with E-state index in [9.17, 15) is 0 Å². The van der Waals surface area contributed by atoms with E-state index in [1.165, 1.54) is 173 Å². The first-order valence-electron chi connectivity index (χ1n) is 21.7. The molecule has 0 rings (SSSR count). The summed E-state index contributed by atoms with van der Waals surface area (Å²) in [6.07, 6.45) is 36.7. The topological polar surface area (TPSA) is 0 Å². The molecule has 0 saturated carbocycles. The van der Waals surface area contributed by atoms with Gasteiger partial charge in [0.05, 0.1) is 0 Å². The molecule has 0 aromatic heterocycles. The van der Waals surface area contributed by atoms with Gasteiger partial charge in [-0.2, -0.15) is 0 Å². The third-order valence-corrected chi connectivity index (χ3v) is 6.36. The van der Waals surface area contributed by atoms with Gasteiger partial charge in [0.1, 0.15) is 0 Å². The summed E-state index contributed by atoms with van der Waals surface area (Å²) < 4.78 is 0. The second-order valence-corrected chi connectivity index (χ2v) is 12.2. The van der Waals surface area contributed by atoms with Crippen molar-refractivity contribution in [3.8, 4) is 0 Å². The zero-order chi connectivity index (χ0) is 37.1. The first-order chi connectivity index (χ1) is 21.7. The second kappa shape index (κ2) is 188. The summed E-state index contributed by atoms with van der Waals surface area (Å²) in [7, 11) is 0. The number of hydrogen-bond acceptors (Lipinski definition) is 0. The van der Waals surface area contributed by atoms with Crippen molar-refractivity contribution in [3.05, 3.63) is 0 Å². The van der Waals surface area contributed by atoms with E-state index in [0.717, 1.165) is 0 Å². The van der Waals surface area contributed by atoms with Crippen molar-refractivity contribution in [1.29, 1.82) is 0 Å². The van der Waals surface area contributed by atoms with Crippen LogP contribution in [0.1, 0.15) is 298 Å². The van der Waals surface area contributed by atoms with Crippen LogP contribution in [0.4, 0.5) is 0 Å². The fourth-order valence-corrected chi connectivity index (χ4v) is 3.18. The molecule has 0 spiro atoms. The van der Waals surface area contributed by atoms with Crippen molar-refractivity contribution in [1.82, 2.24) is 0 Å². The fourth-order valence-electron chi connectivity index (χ4n) is 3.18. The van der Waals surface area contributed by atoms with Gasteiger partial charge in [-0.25, -0.2) is 0 Å². The Bertz CT molecular complexity index is 191. The van der Waals surface area contributed by atoms with Crippen LogP contribution in [0.5, 0.6) is 0 Å². The van der Waals surface area contributed by atoms with Crippen molar-refractivity contribution < 1.29 is 0 Å². The quantitative estimate of drug-likeness (QED) is 0.165. The molecule has 0 heterocycles. The van der Waals surface area contributed by atoms with Crippen molar-refractivity contribution in [2.45, 2.75) is 298 Å². The van der Waals surface area contributed by atoms with Crippen LogP contribution in [0.3, 0.4) is 0 Å². The van der Waals surface area contributed by atoms with Gasteiger partial charge < -0.3 is 0 Å². The first-order valence-corrected chi connectivity index (χ1v) is 21.7. The Morgan fingerprint density at radius 1 is 0.109 bits per heavy atom. The Hall–Kier alpha value is 7.99. The van der Waals surface area contributed by atoms with Gasteiger partial charge in [0.2, 0.25) is 0 Å². The summed E-state index contributed by atoms with van der Waals surface area (Å²) in [6.45, 7) is 39.8. The third-order valence-electron chi connectivity index (χ3n) is 6.36. The maximum atomic E-state index is 2.21. The van der Waals surface area contributed by atoms with Crippen LogP contribution in [0.15, 0.2) is 0 Å². The molecular weight excluding hydrogens is 1730 g/mol. The molecule has 55 heavy (non-hydrogen) atoms. The van der Waals surface area contributed by atoms with Gasteiger partial charge in [-0.15, -0.1) is 0 Å². The van der Waals surface area contributed by atoms with Gasteiger partial charge in [0.25, 0.3) is 0 Å². The summed E-state index contributed by atoms with van der Waals surface area (Å²) in [5, 5.41) is 0. The number of unbranched alkanes of at least 4 members (excludes halogenated alkanes) is 18. The van der Waals surface area contributed by atoms with E-state index in [4.69, 9.17) is 0 Å². The molecule has 0 radical (unpaired) electrons. The third kappa shape index (κ3) is 330. The average Bonchev–Trinajstić information content (AvgIpc) is 3.03. The van der Waals surface area contributed by atoms with Crippen molar-refractivity contribution in [3.63, 3.8) is 0 Å². The molecular formula is C45H148Sn10. The van der Waals surface area contributed by atoms with Gasteiger partial charge in [-0.1, -0.05) is 298 Å². The number of rotatable bonds is 18. The summed E-state index contributed by atoms with van der Waals surface area (Å²) >= 11 is 0. The Morgan fingerprint density at radius 3 is 0.145 bits per heavy atom. The molecule has 0 aromatic rings. The Balaban J connectivity index is -0.0000000152. The molecule has 10 heteroatoms. The van der Waals surface area contributed by atoms with Crippen LogP contribution < -0.4 is 0 Å². The molecule has 0 aliphatic carbocycles. The Kier molecular flexibility index (Phi) is 428. The predicted molar refractivity (Wildman–Crippen MR) is 340 cm³/mol. The molecule has 0 fully saturated rings. The summed E-state index contributed by atoms with van der Waals surface area (Å²) in [5.74, 6) is 0. The van der Waals surface area contributed by atoms with Gasteiger partial charge in [-0.3, -0.25) is 0 Å². The average molecular weight is 1880 g/mol. The Morgan fingerprint density at radius 2 is 0.145 bits per heavy atom. The van der Waals surface area contributed by atoms with E-state index < -0.39 is 0 Å². The van der Waals surface area contributed by atoms with E-state index in [2.05, 4.69) is 125 Å². The molecule has 0 nitrogen and oxygen atoms in total. The minimum atomic E-state index is 0. The molecule has 0 atom stereocenters. The minimum absolute atomic E-state index is 0. The fraction of sp³-hybridized carbons (Fsp3) is 1.00.